The van der Waals surface area contributed by atoms with Crippen LogP contribution < -0.4 is 10.9 Å². The van der Waals surface area contributed by atoms with Gasteiger partial charge in [0.05, 0.1) is 6.54 Å². The van der Waals surface area contributed by atoms with Gasteiger partial charge in [0.1, 0.15) is 0 Å². The average molecular weight is 349 g/mol. The molecule has 2 aromatic heterocycles. The molecule has 0 saturated heterocycles. The molecule has 1 N–H and O–H groups in total. The molecule has 0 radical (unpaired) electrons. The van der Waals surface area contributed by atoms with Gasteiger partial charge in [0.25, 0.3) is 5.56 Å². The van der Waals surface area contributed by atoms with Crippen LogP contribution in [0.3, 0.4) is 0 Å². The summed E-state index contributed by atoms with van der Waals surface area (Å²) in [4.78, 5) is 28.8. The summed E-state index contributed by atoms with van der Waals surface area (Å²) in [7, 11) is 0. The van der Waals surface area contributed by atoms with Gasteiger partial charge in [0.15, 0.2) is 0 Å². The van der Waals surface area contributed by atoms with Crippen LogP contribution in [0.1, 0.15) is 36.1 Å². The van der Waals surface area contributed by atoms with E-state index in [0.29, 0.717) is 6.54 Å². The van der Waals surface area contributed by atoms with E-state index >= 15 is 0 Å². The van der Waals surface area contributed by atoms with Gasteiger partial charge < -0.3 is 9.88 Å². The van der Waals surface area contributed by atoms with Crippen molar-refractivity contribution in [1.29, 1.82) is 0 Å². The van der Waals surface area contributed by atoms with Gasteiger partial charge in [0, 0.05) is 36.1 Å². The molecule has 2 heterocycles. The minimum absolute atomic E-state index is 0.0278. The summed E-state index contributed by atoms with van der Waals surface area (Å²) in [5.41, 5.74) is 3.36. The number of carbonyl (C=O) groups is 1. The summed E-state index contributed by atoms with van der Waals surface area (Å²) < 4.78 is 1.86. The summed E-state index contributed by atoms with van der Waals surface area (Å²) in [6.45, 7) is 0.565. The van der Waals surface area contributed by atoms with Gasteiger partial charge in [-0.2, -0.15) is 0 Å². The van der Waals surface area contributed by atoms with Crippen molar-refractivity contribution in [3.63, 3.8) is 0 Å². The minimum atomic E-state index is 0.0278. The summed E-state index contributed by atoms with van der Waals surface area (Å²) in [5, 5.41) is 3.21. The zero-order valence-corrected chi connectivity index (χ0v) is 14.7. The lowest BCUT2D eigenvalue weighted by Gasteiger charge is -2.28. The van der Waals surface area contributed by atoms with Crippen LogP contribution in [0.15, 0.2) is 53.6 Å². The van der Waals surface area contributed by atoms with E-state index < -0.39 is 0 Å². The van der Waals surface area contributed by atoms with Crippen LogP contribution in [0, 0.1) is 5.92 Å². The lowest BCUT2D eigenvalue weighted by atomic mass is 9.90. The zero-order valence-electron chi connectivity index (χ0n) is 14.7. The maximum absolute atomic E-state index is 12.4. The summed E-state index contributed by atoms with van der Waals surface area (Å²) >= 11 is 0. The summed E-state index contributed by atoms with van der Waals surface area (Å²) in [5.74, 6) is 0.255. The number of fused-ring (bicyclic) bond motifs is 1. The Hall–Kier alpha value is -2.69. The highest BCUT2D eigenvalue weighted by molar-refractivity contribution is 5.79. The fraction of sp³-hybridized carbons (Fsp3) is 0.381. The first-order valence-corrected chi connectivity index (χ1v) is 9.26. The van der Waals surface area contributed by atoms with Gasteiger partial charge in [-0.1, -0.05) is 18.2 Å². The SMILES string of the molecule is O=C(N[C@H]1CCc2c(ccc(=O)n2Cc2ccncc2)C1)C1CC=CC1. The predicted octanol–water partition coefficient (Wildman–Crippen LogP) is 2.23. The van der Waals surface area contributed by atoms with E-state index in [4.69, 9.17) is 0 Å². The third-order valence-electron chi connectivity index (χ3n) is 5.40. The van der Waals surface area contributed by atoms with Crippen LogP contribution in [0.5, 0.6) is 0 Å². The first-order valence-electron chi connectivity index (χ1n) is 9.26. The number of allylic oxidation sites excluding steroid dienone is 2. The third kappa shape index (κ3) is 3.47. The lowest BCUT2D eigenvalue weighted by Crippen LogP contribution is -2.42. The van der Waals surface area contributed by atoms with Crippen molar-refractivity contribution in [2.45, 2.75) is 44.7 Å². The highest BCUT2D eigenvalue weighted by Gasteiger charge is 2.26. The molecule has 2 aromatic rings. The van der Waals surface area contributed by atoms with E-state index in [-0.39, 0.29) is 23.4 Å². The maximum Gasteiger partial charge on any atom is 0.251 e. The van der Waals surface area contributed by atoms with E-state index in [9.17, 15) is 9.59 Å². The number of hydrogen-bond acceptors (Lipinski definition) is 3. The summed E-state index contributed by atoms with van der Waals surface area (Å²) in [6, 6.07) is 7.60. The number of carbonyl (C=O) groups excluding carboxylic acids is 1. The molecule has 2 aliphatic carbocycles. The second kappa shape index (κ2) is 7.28. The van der Waals surface area contributed by atoms with Gasteiger partial charge in [0.2, 0.25) is 5.91 Å². The Kier molecular flexibility index (Phi) is 4.69. The second-order valence-corrected chi connectivity index (χ2v) is 7.17. The van der Waals surface area contributed by atoms with E-state index in [1.807, 2.05) is 22.8 Å². The molecule has 1 atom stereocenters. The number of nitrogens with zero attached hydrogens (tertiary/aromatic N) is 2. The van der Waals surface area contributed by atoms with Gasteiger partial charge in [-0.15, -0.1) is 0 Å². The summed E-state index contributed by atoms with van der Waals surface area (Å²) in [6.07, 6.45) is 11.8. The molecule has 0 bridgehead atoms. The second-order valence-electron chi connectivity index (χ2n) is 7.17. The Morgan fingerprint density at radius 2 is 1.92 bits per heavy atom. The Bertz CT molecular complexity index is 878. The Labute approximate surface area is 152 Å². The molecule has 0 fully saturated rings. The van der Waals surface area contributed by atoms with E-state index in [1.165, 1.54) is 5.56 Å². The number of rotatable bonds is 4. The molecular weight excluding hydrogens is 326 g/mol. The van der Waals surface area contributed by atoms with Gasteiger partial charge in [-0.25, -0.2) is 0 Å². The molecule has 0 aliphatic heterocycles. The number of amides is 1. The van der Waals surface area contributed by atoms with Gasteiger partial charge in [-0.05, 0) is 55.4 Å². The van der Waals surface area contributed by atoms with Crippen molar-refractivity contribution in [2.24, 2.45) is 5.92 Å². The van der Waals surface area contributed by atoms with Crippen LogP contribution in [0.2, 0.25) is 0 Å². The Morgan fingerprint density at radius 1 is 1.15 bits per heavy atom. The average Bonchev–Trinajstić information content (AvgIpc) is 3.20. The standard InChI is InChI=1S/C21H23N3O2/c25-20-8-5-17-13-18(23-21(26)16-3-1-2-4-16)6-7-19(17)24(20)14-15-9-11-22-12-10-15/h1-2,5,8-12,16,18H,3-4,6-7,13-14H2,(H,23,26)/t18-/m0/s1. The normalized spacial score (nSPS) is 19.3. The van der Waals surface area contributed by atoms with Crippen LogP contribution >= 0.6 is 0 Å². The van der Waals surface area contributed by atoms with Crippen LogP contribution in [-0.4, -0.2) is 21.5 Å². The van der Waals surface area contributed by atoms with E-state index in [1.54, 1.807) is 18.5 Å². The monoisotopic (exact) mass is 349 g/mol. The molecule has 0 saturated carbocycles. The molecule has 26 heavy (non-hydrogen) atoms. The smallest absolute Gasteiger partial charge is 0.251 e. The highest BCUT2D eigenvalue weighted by Crippen LogP contribution is 2.23. The first kappa shape index (κ1) is 16.8. The quantitative estimate of drug-likeness (QED) is 0.861. The van der Waals surface area contributed by atoms with E-state index in [0.717, 1.165) is 43.4 Å². The Balaban J connectivity index is 1.50. The Morgan fingerprint density at radius 3 is 2.69 bits per heavy atom. The molecule has 2 aliphatic rings. The molecule has 4 rings (SSSR count). The van der Waals surface area contributed by atoms with Gasteiger partial charge in [-0.3, -0.25) is 14.6 Å². The maximum atomic E-state index is 12.4. The minimum Gasteiger partial charge on any atom is -0.353 e. The van der Waals surface area contributed by atoms with E-state index in [2.05, 4.69) is 22.5 Å². The molecule has 0 spiro atoms. The molecule has 0 unspecified atom stereocenters. The predicted molar refractivity (Wildman–Crippen MR) is 99.9 cm³/mol. The van der Waals surface area contributed by atoms with Crippen molar-refractivity contribution in [1.82, 2.24) is 14.9 Å². The number of aromatic nitrogens is 2. The van der Waals surface area contributed by atoms with Crippen molar-refractivity contribution < 1.29 is 4.79 Å². The van der Waals surface area contributed by atoms with Crippen molar-refractivity contribution in [3.05, 3.63) is 76.0 Å². The fourth-order valence-electron chi connectivity index (χ4n) is 3.94. The van der Waals surface area contributed by atoms with Crippen LogP contribution in [0.4, 0.5) is 0 Å². The number of hydrogen-bond donors (Lipinski definition) is 1. The largest absolute Gasteiger partial charge is 0.353 e. The van der Waals surface area contributed by atoms with Crippen LogP contribution in [0.25, 0.3) is 0 Å². The molecule has 134 valence electrons. The zero-order chi connectivity index (χ0) is 17.9. The molecular formula is C21H23N3O2. The number of pyridine rings is 2. The molecule has 5 nitrogen and oxygen atoms in total. The van der Waals surface area contributed by atoms with Gasteiger partial charge >= 0.3 is 0 Å². The first-order chi connectivity index (χ1) is 12.7. The molecule has 5 heteroatoms. The molecule has 0 aromatic carbocycles. The third-order valence-corrected chi connectivity index (χ3v) is 5.40. The van der Waals surface area contributed by atoms with Crippen molar-refractivity contribution in [3.8, 4) is 0 Å². The highest BCUT2D eigenvalue weighted by atomic mass is 16.2. The van der Waals surface area contributed by atoms with Crippen molar-refractivity contribution >= 4 is 5.91 Å². The topological polar surface area (TPSA) is 64.0 Å². The lowest BCUT2D eigenvalue weighted by molar-refractivity contribution is -0.125. The molecule has 1 amide bonds. The van der Waals surface area contributed by atoms with Crippen molar-refractivity contribution in [2.75, 3.05) is 0 Å². The number of nitrogens with one attached hydrogen (secondary N) is 1. The van der Waals surface area contributed by atoms with Crippen LogP contribution in [-0.2, 0) is 24.2 Å². The fourth-order valence-corrected chi connectivity index (χ4v) is 3.94.